The summed E-state index contributed by atoms with van der Waals surface area (Å²) in [5.41, 5.74) is 2.11. The molecule has 1 aromatic rings. The Hall–Kier alpha value is -0.890. The first kappa shape index (κ1) is 14.5. The summed E-state index contributed by atoms with van der Waals surface area (Å²) in [6.07, 6.45) is 4.88. The van der Waals surface area contributed by atoms with Crippen LogP contribution in [0.1, 0.15) is 49.7 Å². The molecule has 19 heavy (non-hydrogen) atoms. The summed E-state index contributed by atoms with van der Waals surface area (Å²) in [5, 5.41) is 3.28. The van der Waals surface area contributed by atoms with Crippen LogP contribution in [0.3, 0.4) is 0 Å². The highest BCUT2D eigenvalue weighted by Gasteiger charge is 2.31. The van der Waals surface area contributed by atoms with Crippen molar-refractivity contribution in [3.8, 4) is 0 Å². The highest BCUT2D eigenvalue weighted by Crippen LogP contribution is 2.42. The fourth-order valence-electron chi connectivity index (χ4n) is 3.53. The molecule has 1 aliphatic carbocycles. The molecule has 0 aromatic heterocycles. The summed E-state index contributed by atoms with van der Waals surface area (Å²) in [7, 11) is 2.00. The SMILES string of the molecule is CCC1CCC(CNC)C(c2cc(C)ccc2F)C1. The van der Waals surface area contributed by atoms with E-state index in [9.17, 15) is 4.39 Å². The van der Waals surface area contributed by atoms with Crippen molar-refractivity contribution < 1.29 is 4.39 Å². The average molecular weight is 263 g/mol. The predicted molar refractivity (Wildman–Crippen MR) is 78.9 cm³/mol. The van der Waals surface area contributed by atoms with Crippen molar-refractivity contribution in [2.24, 2.45) is 11.8 Å². The second-order valence-corrected chi connectivity index (χ2v) is 6.04. The molecule has 2 rings (SSSR count). The van der Waals surface area contributed by atoms with Crippen molar-refractivity contribution in [2.45, 2.75) is 45.4 Å². The molecule has 0 aliphatic heterocycles. The molecule has 0 bridgehead atoms. The third-order valence-electron chi connectivity index (χ3n) is 4.70. The maximum atomic E-state index is 14.2. The summed E-state index contributed by atoms with van der Waals surface area (Å²) < 4.78 is 14.2. The monoisotopic (exact) mass is 263 g/mol. The maximum absolute atomic E-state index is 14.2. The van der Waals surface area contributed by atoms with Crippen LogP contribution in [0.4, 0.5) is 4.39 Å². The van der Waals surface area contributed by atoms with Gasteiger partial charge in [-0.25, -0.2) is 4.39 Å². The van der Waals surface area contributed by atoms with E-state index in [0.29, 0.717) is 11.8 Å². The van der Waals surface area contributed by atoms with Gasteiger partial charge in [-0.1, -0.05) is 37.5 Å². The van der Waals surface area contributed by atoms with Crippen LogP contribution < -0.4 is 5.32 Å². The van der Waals surface area contributed by atoms with Gasteiger partial charge in [0.1, 0.15) is 5.82 Å². The first-order valence-electron chi connectivity index (χ1n) is 7.56. The van der Waals surface area contributed by atoms with E-state index in [1.807, 2.05) is 13.1 Å². The van der Waals surface area contributed by atoms with Gasteiger partial charge in [0.15, 0.2) is 0 Å². The highest BCUT2D eigenvalue weighted by atomic mass is 19.1. The van der Waals surface area contributed by atoms with Crippen LogP contribution in [0.15, 0.2) is 18.2 Å². The molecule has 1 nitrogen and oxygen atoms in total. The van der Waals surface area contributed by atoms with E-state index < -0.39 is 0 Å². The minimum absolute atomic E-state index is 0.0199. The van der Waals surface area contributed by atoms with E-state index in [2.05, 4.69) is 25.2 Å². The lowest BCUT2D eigenvalue weighted by Crippen LogP contribution is -2.31. The zero-order chi connectivity index (χ0) is 13.8. The van der Waals surface area contributed by atoms with Gasteiger partial charge in [0.2, 0.25) is 0 Å². The van der Waals surface area contributed by atoms with E-state index in [1.165, 1.54) is 24.8 Å². The average Bonchev–Trinajstić information content (AvgIpc) is 2.42. The molecule has 0 amide bonds. The molecule has 0 heterocycles. The Morgan fingerprint density at radius 3 is 2.79 bits per heavy atom. The van der Waals surface area contributed by atoms with Gasteiger partial charge in [-0.2, -0.15) is 0 Å². The number of aryl methyl sites for hydroxylation is 1. The molecule has 0 saturated heterocycles. The molecule has 3 unspecified atom stereocenters. The Bertz CT molecular complexity index is 416. The van der Waals surface area contributed by atoms with Crippen molar-refractivity contribution in [1.29, 1.82) is 0 Å². The number of hydrogen-bond donors (Lipinski definition) is 1. The largest absolute Gasteiger partial charge is 0.319 e. The fraction of sp³-hybridized carbons (Fsp3) is 0.647. The number of hydrogen-bond acceptors (Lipinski definition) is 1. The number of benzene rings is 1. The third-order valence-corrected chi connectivity index (χ3v) is 4.70. The van der Waals surface area contributed by atoms with Crippen LogP contribution in [-0.4, -0.2) is 13.6 Å². The molecule has 2 heteroatoms. The fourth-order valence-corrected chi connectivity index (χ4v) is 3.53. The number of halogens is 1. The van der Waals surface area contributed by atoms with Crippen LogP contribution >= 0.6 is 0 Å². The summed E-state index contributed by atoms with van der Waals surface area (Å²) >= 11 is 0. The first-order valence-corrected chi connectivity index (χ1v) is 7.56. The molecule has 1 saturated carbocycles. The van der Waals surface area contributed by atoms with Gasteiger partial charge < -0.3 is 5.32 Å². The Balaban J connectivity index is 2.27. The minimum Gasteiger partial charge on any atom is -0.319 e. The van der Waals surface area contributed by atoms with Crippen LogP contribution in [0.2, 0.25) is 0 Å². The summed E-state index contributed by atoms with van der Waals surface area (Å²) in [5.74, 6) is 1.70. The second-order valence-electron chi connectivity index (χ2n) is 6.04. The van der Waals surface area contributed by atoms with Crippen molar-refractivity contribution >= 4 is 0 Å². The van der Waals surface area contributed by atoms with E-state index in [1.54, 1.807) is 6.07 Å². The lowest BCUT2D eigenvalue weighted by molar-refractivity contribution is 0.225. The molecule has 1 fully saturated rings. The molecule has 0 spiro atoms. The second kappa shape index (κ2) is 6.51. The van der Waals surface area contributed by atoms with Crippen LogP contribution in [0.5, 0.6) is 0 Å². The minimum atomic E-state index is -0.0199. The van der Waals surface area contributed by atoms with Gasteiger partial charge in [0.05, 0.1) is 0 Å². The van der Waals surface area contributed by atoms with E-state index in [0.717, 1.165) is 24.4 Å². The third kappa shape index (κ3) is 3.36. The molecule has 1 aliphatic rings. The predicted octanol–water partition coefficient (Wildman–Crippen LogP) is 4.26. The van der Waals surface area contributed by atoms with Gasteiger partial charge in [-0.3, -0.25) is 0 Å². The molecule has 106 valence electrons. The summed E-state index contributed by atoms with van der Waals surface area (Å²) in [6, 6.07) is 5.56. The quantitative estimate of drug-likeness (QED) is 0.855. The zero-order valence-electron chi connectivity index (χ0n) is 12.4. The summed E-state index contributed by atoms with van der Waals surface area (Å²) in [6.45, 7) is 5.30. The van der Waals surface area contributed by atoms with Crippen LogP contribution in [0, 0.1) is 24.6 Å². The molecule has 1 aromatic carbocycles. The molecular weight excluding hydrogens is 237 g/mol. The van der Waals surface area contributed by atoms with Crippen LogP contribution in [0.25, 0.3) is 0 Å². The Morgan fingerprint density at radius 1 is 1.32 bits per heavy atom. The summed E-state index contributed by atoms with van der Waals surface area (Å²) in [4.78, 5) is 0. The van der Waals surface area contributed by atoms with E-state index in [-0.39, 0.29) is 5.82 Å². The maximum Gasteiger partial charge on any atom is 0.126 e. The molecule has 3 atom stereocenters. The zero-order valence-corrected chi connectivity index (χ0v) is 12.4. The Morgan fingerprint density at radius 2 is 2.11 bits per heavy atom. The van der Waals surface area contributed by atoms with Gasteiger partial charge in [-0.15, -0.1) is 0 Å². The molecule has 1 N–H and O–H groups in total. The van der Waals surface area contributed by atoms with Crippen LogP contribution in [-0.2, 0) is 0 Å². The standard InChI is InChI=1S/C17H26FN/c1-4-13-6-7-14(11-19-3)15(10-13)16-9-12(2)5-8-17(16)18/h5,8-9,13-15,19H,4,6-7,10-11H2,1-3H3. The Kier molecular flexibility index (Phi) is 4.98. The van der Waals surface area contributed by atoms with Crippen molar-refractivity contribution in [3.63, 3.8) is 0 Å². The van der Waals surface area contributed by atoms with Crippen molar-refractivity contribution in [2.75, 3.05) is 13.6 Å². The molecular formula is C17H26FN. The smallest absolute Gasteiger partial charge is 0.126 e. The van der Waals surface area contributed by atoms with Gasteiger partial charge >= 0.3 is 0 Å². The van der Waals surface area contributed by atoms with E-state index >= 15 is 0 Å². The normalized spacial score (nSPS) is 27.5. The van der Waals surface area contributed by atoms with Gasteiger partial charge in [0, 0.05) is 0 Å². The Labute approximate surface area is 116 Å². The molecule has 0 radical (unpaired) electrons. The topological polar surface area (TPSA) is 12.0 Å². The first-order chi connectivity index (χ1) is 9.15. The van der Waals surface area contributed by atoms with Crippen molar-refractivity contribution in [3.05, 3.63) is 35.1 Å². The lowest BCUT2D eigenvalue weighted by atomic mass is 9.70. The van der Waals surface area contributed by atoms with E-state index in [4.69, 9.17) is 0 Å². The highest BCUT2D eigenvalue weighted by molar-refractivity contribution is 5.28. The van der Waals surface area contributed by atoms with Gasteiger partial charge in [-0.05, 0) is 62.7 Å². The lowest BCUT2D eigenvalue weighted by Gasteiger charge is -2.36. The van der Waals surface area contributed by atoms with Gasteiger partial charge in [0.25, 0.3) is 0 Å². The number of nitrogens with one attached hydrogen (secondary N) is 1. The number of rotatable bonds is 4. The van der Waals surface area contributed by atoms with Crippen molar-refractivity contribution in [1.82, 2.24) is 5.32 Å².